The first-order valence-corrected chi connectivity index (χ1v) is 5.30. The molecule has 0 aromatic heterocycles. The van der Waals surface area contributed by atoms with Crippen LogP contribution in [0.4, 0.5) is 8.78 Å². The molecule has 0 spiro atoms. The maximum atomic E-state index is 13.5. The summed E-state index contributed by atoms with van der Waals surface area (Å²) in [5.74, 6) is -2.02. The summed E-state index contributed by atoms with van der Waals surface area (Å²) in [6.07, 6.45) is 0. The predicted molar refractivity (Wildman–Crippen MR) is 60.8 cm³/mol. The molecule has 4 nitrogen and oxygen atoms in total. The maximum Gasteiger partial charge on any atom is 0.246 e. The molecule has 1 amide bonds. The third kappa shape index (κ3) is 3.75. The van der Waals surface area contributed by atoms with Crippen molar-refractivity contribution in [3.63, 3.8) is 0 Å². The molecule has 0 fully saturated rings. The van der Waals surface area contributed by atoms with Gasteiger partial charge in [0.15, 0.2) is 0 Å². The highest BCUT2D eigenvalue weighted by molar-refractivity contribution is 5.77. The molecular weight excluding hydrogens is 244 g/mol. The van der Waals surface area contributed by atoms with Crippen LogP contribution >= 0.6 is 0 Å². The number of aliphatic hydroxyl groups is 1. The number of ether oxygens (including phenoxy) is 1. The molecule has 0 aliphatic heterocycles. The predicted octanol–water partition coefficient (Wildman–Crippen LogP) is 0.935. The number of amides is 1. The minimum atomic E-state index is -1.62. The number of rotatable bonds is 5. The van der Waals surface area contributed by atoms with Crippen molar-refractivity contribution < 1.29 is 23.4 Å². The molecule has 1 aromatic rings. The fourth-order valence-electron chi connectivity index (χ4n) is 1.47. The molecule has 0 bridgehead atoms. The molecule has 1 unspecified atom stereocenters. The largest absolute Gasteiger partial charge is 0.383 e. The van der Waals surface area contributed by atoms with Crippen LogP contribution in [-0.4, -0.2) is 31.3 Å². The smallest absolute Gasteiger partial charge is 0.246 e. The zero-order chi connectivity index (χ0) is 13.8. The molecule has 6 heteroatoms. The van der Waals surface area contributed by atoms with Gasteiger partial charge in [-0.1, -0.05) is 6.07 Å². The first kappa shape index (κ1) is 14.5. The van der Waals surface area contributed by atoms with Crippen molar-refractivity contribution in [3.05, 3.63) is 35.4 Å². The van der Waals surface area contributed by atoms with Crippen molar-refractivity contribution in [1.82, 2.24) is 5.32 Å². The number of benzene rings is 1. The van der Waals surface area contributed by atoms with Gasteiger partial charge in [-0.3, -0.25) is 4.79 Å². The standard InChI is InChI=1S/C12H15F2NO3/c1-12(17,7-15-11(16)6-18-2)9-4-3-8(13)5-10(9)14/h3-5,17H,6-7H2,1-2H3,(H,15,16). The van der Waals surface area contributed by atoms with E-state index in [0.717, 1.165) is 12.1 Å². The molecule has 0 aliphatic rings. The van der Waals surface area contributed by atoms with Crippen molar-refractivity contribution in [3.8, 4) is 0 Å². The summed E-state index contributed by atoms with van der Waals surface area (Å²) in [4.78, 5) is 11.2. The molecule has 0 aliphatic carbocycles. The number of hydrogen-bond donors (Lipinski definition) is 2. The summed E-state index contributed by atoms with van der Waals surface area (Å²) in [5, 5.41) is 12.4. The van der Waals surface area contributed by atoms with E-state index in [4.69, 9.17) is 0 Å². The van der Waals surface area contributed by atoms with Gasteiger partial charge in [-0.25, -0.2) is 8.78 Å². The molecular formula is C12H15F2NO3. The second kappa shape index (κ2) is 5.88. The van der Waals surface area contributed by atoms with Crippen molar-refractivity contribution in [2.75, 3.05) is 20.3 Å². The highest BCUT2D eigenvalue weighted by Gasteiger charge is 2.27. The second-order valence-electron chi connectivity index (χ2n) is 4.11. The van der Waals surface area contributed by atoms with Crippen LogP contribution in [0, 0.1) is 11.6 Å². The van der Waals surface area contributed by atoms with Gasteiger partial charge in [-0.05, 0) is 13.0 Å². The van der Waals surface area contributed by atoms with Gasteiger partial charge < -0.3 is 15.2 Å². The van der Waals surface area contributed by atoms with E-state index in [1.807, 2.05) is 0 Å². The summed E-state index contributed by atoms with van der Waals surface area (Å²) < 4.78 is 30.8. The third-order valence-electron chi connectivity index (χ3n) is 2.42. The Labute approximate surface area is 104 Å². The minimum Gasteiger partial charge on any atom is -0.383 e. The molecule has 1 aromatic carbocycles. The van der Waals surface area contributed by atoms with E-state index in [1.54, 1.807) is 0 Å². The average molecular weight is 259 g/mol. The lowest BCUT2D eigenvalue weighted by Gasteiger charge is -2.24. The van der Waals surface area contributed by atoms with Crippen LogP contribution in [0.15, 0.2) is 18.2 Å². The highest BCUT2D eigenvalue weighted by Crippen LogP contribution is 2.23. The number of carbonyl (C=O) groups is 1. The maximum absolute atomic E-state index is 13.5. The number of carbonyl (C=O) groups excluding carboxylic acids is 1. The number of hydrogen-bond acceptors (Lipinski definition) is 3. The molecule has 0 saturated heterocycles. The summed E-state index contributed by atoms with van der Waals surface area (Å²) in [7, 11) is 1.36. The molecule has 0 radical (unpaired) electrons. The van der Waals surface area contributed by atoms with Crippen LogP contribution in [0.5, 0.6) is 0 Å². The third-order valence-corrected chi connectivity index (χ3v) is 2.42. The summed E-state index contributed by atoms with van der Waals surface area (Å²) in [6.45, 7) is 0.982. The van der Waals surface area contributed by atoms with Crippen LogP contribution in [0.3, 0.4) is 0 Å². The van der Waals surface area contributed by atoms with Crippen molar-refractivity contribution >= 4 is 5.91 Å². The van der Waals surface area contributed by atoms with E-state index >= 15 is 0 Å². The Balaban J connectivity index is 2.76. The molecule has 18 heavy (non-hydrogen) atoms. The molecule has 1 atom stereocenters. The fourth-order valence-corrected chi connectivity index (χ4v) is 1.47. The highest BCUT2D eigenvalue weighted by atomic mass is 19.1. The first-order chi connectivity index (χ1) is 8.36. The Morgan fingerprint density at radius 2 is 2.17 bits per heavy atom. The van der Waals surface area contributed by atoms with E-state index in [-0.39, 0.29) is 18.7 Å². The molecule has 2 N–H and O–H groups in total. The Hall–Kier alpha value is -1.53. The summed E-state index contributed by atoms with van der Waals surface area (Å²) >= 11 is 0. The van der Waals surface area contributed by atoms with Gasteiger partial charge in [0.25, 0.3) is 0 Å². The normalized spacial score (nSPS) is 14.1. The van der Waals surface area contributed by atoms with Gasteiger partial charge in [0.05, 0.1) is 6.54 Å². The lowest BCUT2D eigenvalue weighted by atomic mass is 9.95. The van der Waals surface area contributed by atoms with Crippen molar-refractivity contribution in [2.24, 2.45) is 0 Å². The average Bonchev–Trinajstić information content (AvgIpc) is 2.26. The van der Waals surface area contributed by atoms with E-state index in [1.165, 1.54) is 14.0 Å². The van der Waals surface area contributed by atoms with Crippen LogP contribution < -0.4 is 5.32 Å². The Bertz CT molecular complexity index is 435. The van der Waals surface area contributed by atoms with Gasteiger partial charge in [0.2, 0.25) is 5.91 Å². The minimum absolute atomic E-state index is 0.0818. The molecule has 0 saturated carbocycles. The van der Waals surface area contributed by atoms with Gasteiger partial charge in [0, 0.05) is 18.7 Å². The zero-order valence-corrected chi connectivity index (χ0v) is 10.2. The lowest BCUT2D eigenvalue weighted by molar-refractivity contribution is -0.125. The quantitative estimate of drug-likeness (QED) is 0.827. The van der Waals surface area contributed by atoms with E-state index in [2.05, 4.69) is 10.1 Å². The van der Waals surface area contributed by atoms with Gasteiger partial charge in [-0.2, -0.15) is 0 Å². The molecule has 1 rings (SSSR count). The lowest BCUT2D eigenvalue weighted by Crippen LogP contribution is -2.40. The first-order valence-electron chi connectivity index (χ1n) is 5.30. The van der Waals surface area contributed by atoms with Gasteiger partial charge in [0.1, 0.15) is 23.8 Å². The zero-order valence-electron chi connectivity index (χ0n) is 10.2. The Kier molecular flexibility index (Phi) is 4.75. The van der Waals surface area contributed by atoms with Gasteiger partial charge in [-0.15, -0.1) is 0 Å². The van der Waals surface area contributed by atoms with Gasteiger partial charge >= 0.3 is 0 Å². The topological polar surface area (TPSA) is 58.6 Å². The molecule has 100 valence electrons. The van der Waals surface area contributed by atoms with Crippen LogP contribution in [0.25, 0.3) is 0 Å². The monoisotopic (exact) mass is 259 g/mol. The second-order valence-corrected chi connectivity index (χ2v) is 4.11. The van der Waals surface area contributed by atoms with E-state index in [0.29, 0.717) is 6.07 Å². The SMILES string of the molecule is COCC(=O)NCC(C)(O)c1ccc(F)cc1F. The van der Waals surface area contributed by atoms with Crippen LogP contribution in [-0.2, 0) is 15.1 Å². The number of methoxy groups -OCH3 is 1. The summed E-state index contributed by atoms with van der Waals surface area (Å²) in [5.41, 5.74) is -1.71. The Morgan fingerprint density at radius 3 is 2.72 bits per heavy atom. The van der Waals surface area contributed by atoms with E-state index in [9.17, 15) is 18.7 Å². The summed E-state index contributed by atoms with van der Waals surface area (Å²) in [6, 6.07) is 2.87. The van der Waals surface area contributed by atoms with Crippen molar-refractivity contribution in [2.45, 2.75) is 12.5 Å². The number of halogens is 2. The Morgan fingerprint density at radius 1 is 1.50 bits per heavy atom. The van der Waals surface area contributed by atoms with Crippen molar-refractivity contribution in [1.29, 1.82) is 0 Å². The molecule has 0 heterocycles. The van der Waals surface area contributed by atoms with E-state index < -0.39 is 23.1 Å². The fraction of sp³-hybridized carbons (Fsp3) is 0.417. The number of nitrogens with one attached hydrogen (secondary N) is 1. The van der Waals surface area contributed by atoms with Crippen LogP contribution in [0.1, 0.15) is 12.5 Å². The van der Waals surface area contributed by atoms with Crippen LogP contribution in [0.2, 0.25) is 0 Å².